The molecular weight excluding hydrogens is 364 g/mol. The number of aromatic amines is 1. The third kappa shape index (κ3) is 4.11. The van der Waals surface area contributed by atoms with E-state index in [0.717, 1.165) is 25.9 Å². The van der Waals surface area contributed by atoms with E-state index in [2.05, 4.69) is 34.3 Å². The lowest BCUT2D eigenvalue weighted by molar-refractivity contribution is -0.143. The number of ketones is 1. The van der Waals surface area contributed by atoms with Crippen molar-refractivity contribution in [2.75, 3.05) is 19.7 Å². The number of ether oxygens (including phenoxy) is 1. The summed E-state index contributed by atoms with van der Waals surface area (Å²) in [6, 6.07) is 7.08. The fourth-order valence-corrected chi connectivity index (χ4v) is 5.40. The van der Waals surface area contributed by atoms with Crippen molar-refractivity contribution in [1.82, 2.24) is 9.88 Å². The lowest BCUT2D eigenvalue weighted by Gasteiger charge is -2.45. The molecule has 1 N–H and O–H groups in total. The zero-order chi connectivity index (χ0) is 20.4. The molecule has 0 amide bonds. The summed E-state index contributed by atoms with van der Waals surface area (Å²) in [5, 5.41) is 1.42. The Bertz CT molecular complexity index is 887. The predicted molar refractivity (Wildman–Crippen MR) is 114 cm³/mol. The van der Waals surface area contributed by atoms with Crippen LogP contribution in [0.3, 0.4) is 0 Å². The van der Waals surface area contributed by atoms with Crippen molar-refractivity contribution in [2.24, 2.45) is 5.92 Å². The Morgan fingerprint density at radius 3 is 3.00 bits per heavy atom. The van der Waals surface area contributed by atoms with Gasteiger partial charge >= 0.3 is 5.97 Å². The highest BCUT2D eigenvalue weighted by molar-refractivity contribution is 5.88. The molecule has 2 aliphatic rings. The number of likely N-dealkylation sites (tertiary alicyclic amines) is 1. The maximum absolute atomic E-state index is 12.3. The number of nitrogens with one attached hydrogen (secondary N) is 1. The van der Waals surface area contributed by atoms with E-state index in [-0.39, 0.29) is 17.7 Å². The van der Waals surface area contributed by atoms with Crippen molar-refractivity contribution in [3.63, 3.8) is 0 Å². The number of rotatable bonds is 8. The lowest BCUT2D eigenvalue weighted by atomic mass is 9.74. The molecule has 5 nitrogen and oxygen atoms in total. The fourth-order valence-electron chi connectivity index (χ4n) is 5.40. The van der Waals surface area contributed by atoms with Gasteiger partial charge in [-0.2, -0.15) is 0 Å². The normalized spacial score (nSPS) is 22.3. The zero-order valence-corrected chi connectivity index (χ0v) is 17.6. The summed E-state index contributed by atoms with van der Waals surface area (Å²) in [5.74, 6) is 0.610. The van der Waals surface area contributed by atoms with E-state index in [9.17, 15) is 9.59 Å². The van der Waals surface area contributed by atoms with Gasteiger partial charge in [0.15, 0.2) is 0 Å². The molecule has 29 heavy (non-hydrogen) atoms. The van der Waals surface area contributed by atoms with Crippen LogP contribution in [0.25, 0.3) is 10.9 Å². The van der Waals surface area contributed by atoms with Crippen molar-refractivity contribution >= 4 is 22.7 Å². The van der Waals surface area contributed by atoms with Crippen molar-refractivity contribution in [3.05, 3.63) is 35.5 Å². The molecule has 1 aliphatic carbocycles. The molecule has 3 atom stereocenters. The molecule has 0 radical (unpaired) electrons. The first-order valence-corrected chi connectivity index (χ1v) is 11.1. The smallest absolute Gasteiger partial charge is 0.305 e. The number of benzene rings is 1. The van der Waals surface area contributed by atoms with E-state index >= 15 is 0 Å². The Hall–Kier alpha value is -2.14. The minimum absolute atomic E-state index is 0.00779. The number of carbonyl (C=O) groups excluding carboxylic acids is 2. The Balaban J connectivity index is 1.46. The van der Waals surface area contributed by atoms with Crippen molar-refractivity contribution in [3.8, 4) is 0 Å². The lowest BCUT2D eigenvalue weighted by Crippen LogP contribution is -2.49. The van der Waals surface area contributed by atoms with Gasteiger partial charge in [-0.05, 0) is 69.7 Å². The topological polar surface area (TPSA) is 62.4 Å². The standard InChI is InChI=1S/C24H32N2O3/c1-3-29-23(28)11-4-7-17(16(2)27)15-26-12-6-9-19-20-8-5-10-21-24(20)18(14-25-21)13-22(19)26/h5,8,10,14,17,19,22,25H,3-4,6-7,9,11-13,15H2,1-2H3/t17?,19?,22-/m1/s1. The van der Waals surface area contributed by atoms with Crippen LogP contribution in [-0.2, 0) is 20.7 Å². The largest absolute Gasteiger partial charge is 0.466 e. The third-order valence-electron chi connectivity index (χ3n) is 6.81. The number of hydrogen-bond donors (Lipinski definition) is 1. The van der Waals surface area contributed by atoms with Crippen LogP contribution in [-0.4, -0.2) is 47.4 Å². The van der Waals surface area contributed by atoms with Crippen LogP contribution in [0.15, 0.2) is 24.4 Å². The highest BCUT2D eigenvalue weighted by Gasteiger charge is 2.38. The molecule has 2 heterocycles. The number of fused-ring (bicyclic) bond motifs is 2. The van der Waals surface area contributed by atoms with Gasteiger partial charge in [0.1, 0.15) is 5.78 Å². The SMILES string of the molecule is CCOC(=O)CCCC(CN1CCCC2c3cccc4[nH]cc(c34)C[C@H]21)C(C)=O. The van der Waals surface area contributed by atoms with Gasteiger partial charge in [-0.25, -0.2) is 0 Å². The highest BCUT2D eigenvalue weighted by atomic mass is 16.5. The number of nitrogens with zero attached hydrogens (tertiary/aromatic N) is 1. The summed E-state index contributed by atoms with van der Waals surface area (Å²) in [5.41, 5.74) is 4.13. The van der Waals surface area contributed by atoms with Crippen LogP contribution < -0.4 is 0 Å². The van der Waals surface area contributed by atoms with Crippen molar-refractivity contribution in [1.29, 1.82) is 0 Å². The maximum Gasteiger partial charge on any atom is 0.305 e. The van der Waals surface area contributed by atoms with Gasteiger partial charge in [0, 0.05) is 47.9 Å². The van der Waals surface area contributed by atoms with E-state index in [1.165, 1.54) is 34.9 Å². The molecule has 5 heteroatoms. The number of esters is 1. The molecule has 1 fully saturated rings. The molecule has 1 aromatic heterocycles. The summed E-state index contributed by atoms with van der Waals surface area (Å²) in [6.07, 6.45) is 7.48. The molecule has 1 saturated heterocycles. The average molecular weight is 397 g/mol. The molecule has 1 aliphatic heterocycles. The number of carbonyl (C=O) groups is 2. The first-order valence-electron chi connectivity index (χ1n) is 11.1. The fraction of sp³-hybridized carbons (Fsp3) is 0.583. The molecule has 0 bridgehead atoms. The van der Waals surface area contributed by atoms with Gasteiger partial charge in [-0.3, -0.25) is 14.5 Å². The molecule has 0 saturated carbocycles. The Morgan fingerprint density at radius 1 is 1.34 bits per heavy atom. The Kier molecular flexibility index (Phi) is 6.04. The highest BCUT2D eigenvalue weighted by Crippen LogP contribution is 2.43. The van der Waals surface area contributed by atoms with Crippen LogP contribution in [0.5, 0.6) is 0 Å². The average Bonchev–Trinajstić information content (AvgIpc) is 3.12. The van der Waals surface area contributed by atoms with E-state index in [4.69, 9.17) is 4.74 Å². The zero-order valence-electron chi connectivity index (χ0n) is 17.6. The van der Waals surface area contributed by atoms with E-state index in [1.54, 1.807) is 6.92 Å². The van der Waals surface area contributed by atoms with Crippen molar-refractivity contribution < 1.29 is 14.3 Å². The van der Waals surface area contributed by atoms with Crippen molar-refractivity contribution in [2.45, 2.75) is 64.3 Å². The second-order valence-corrected chi connectivity index (χ2v) is 8.60. The molecule has 2 unspecified atom stereocenters. The molecule has 156 valence electrons. The third-order valence-corrected chi connectivity index (χ3v) is 6.81. The van der Waals surface area contributed by atoms with Gasteiger partial charge in [-0.1, -0.05) is 12.1 Å². The molecular formula is C24H32N2O3. The van der Waals surface area contributed by atoms with Crippen LogP contribution in [0.1, 0.15) is 63.0 Å². The van der Waals surface area contributed by atoms with Crippen LogP contribution in [0.4, 0.5) is 0 Å². The number of piperidine rings is 1. The summed E-state index contributed by atoms with van der Waals surface area (Å²) in [7, 11) is 0. The number of H-pyrrole nitrogens is 1. The minimum atomic E-state index is -0.159. The summed E-state index contributed by atoms with van der Waals surface area (Å²) in [4.78, 5) is 30.0. The van der Waals surface area contributed by atoms with Gasteiger partial charge in [0.05, 0.1) is 6.61 Å². The Morgan fingerprint density at radius 2 is 2.21 bits per heavy atom. The van der Waals surface area contributed by atoms with Gasteiger partial charge in [0.25, 0.3) is 0 Å². The van der Waals surface area contributed by atoms with Gasteiger partial charge < -0.3 is 9.72 Å². The van der Waals surface area contributed by atoms with Crippen LogP contribution >= 0.6 is 0 Å². The summed E-state index contributed by atoms with van der Waals surface area (Å²) in [6.45, 7) is 5.79. The van der Waals surface area contributed by atoms with E-state index in [0.29, 0.717) is 31.4 Å². The molecule has 0 spiro atoms. The van der Waals surface area contributed by atoms with E-state index < -0.39 is 0 Å². The quantitative estimate of drug-likeness (QED) is 0.679. The molecule has 1 aromatic carbocycles. The van der Waals surface area contributed by atoms with E-state index in [1.807, 2.05) is 6.92 Å². The Labute approximate surface area is 172 Å². The number of hydrogen-bond acceptors (Lipinski definition) is 4. The van der Waals surface area contributed by atoms with Crippen LogP contribution in [0, 0.1) is 5.92 Å². The number of Topliss-reactive ketones (excluding diaryl/α,β-unsaturated/α-hetero) is 1. The van der Waals surface area contributed by atoms with Gasteiger partial charge in [-0.15, -0.1) is 0 Å². The first kappa shape index (κ1) is 20.1. The first-order chi connectivity index (χ1) is 14.1. The predicted octanol–water partition coefficient (Wildman–Crippen LogP) is 4.21. The maximum atomic E-state index is 12.3. The monoisotopic (exact) mass is 396 g/mol. The molecule has 4 rings (SSSR count). The van der Waals surface area contributed by atoms with Crippen LogP contribution in [0.2, 0.25) is 0 Å². The summed E-state index contributed by atoms with van der Waals surface area (Å²) >= 11 is 0. The second kappa shape index (κ2) is 8.70. The van der Waals surface area contributed by atoms with Gasteiger partial charge in [0.2, 0.25) is 0 Å². The minimum Gasteiger partial charge on any atom is -0.466 e. The number of aromatic nitrogens is 1. The second-order valence-electron chi connectivity index (χ2n) is 8.60. The summed E-state index contributed by atoms with van der Waals surface area (Å²) < 4.78 is 5.02. The molecule has 2 aromatic rings.